The van der Waals surface area contributed by atoms with Crippen LogP contribution >= 0.6 is 12.6 Å². The maximum absolute atomic E-state index is 13.4. The number of nitrogens with two attached hydrogens (primary N) is 2. The maximum Gasteiger partial charge on any atom is 0.326 e. The van der Waals surface area contributed by atoms with E-state index < -0.39 is 60.2 Å². The third-order valence-corrected chi connectivity index (χ3v) is 5.97. The number of hydrogen-bond donors (Lipinski definition) is 9. The van der Waals surface area contributed by atoms with Crippen molar-refractivity contribution in [2.75, 3.05) is 5.75 Å². The molecule has 2 rings (SSSR count). The third-order valence-electron chi connectivity index (χ3n) is 5.57. The van der Waals surface area contributed by atoms with Crippen molar-refractivity contribution >= 4 is 42.2 Å². The largest absolute Gasteiger partial charge is 0.508 e. The normalized spacial score (nSPS) is 13.8. The van der Waals surface area contributed by atoms with Gasteiger partial charge in [-0.1, -0.05) is 24.3 Å². The Hall–Kier alpha value is -4.30. The lowest BCUT2D eigenvalue weighted by molar-refractivity contribution is -0.143. The highest BCUT2D eigenvalue weighted by Crippen LogP contribution is 2.14. The minimum absolute atomic E-state index is 0.00169. The molecule has 0 spiro atoms. The van der Waals surface area contributed by atoms with Crippen molar-refractivity contribution in [2.45, 2.75) is 43.4 Å². The van der Waals surface area contributed by atoms with E-state index in [9.17, 15) is 39.3 Å². The summed E-state index contributed by atoms with van der Waals surface area (Å²) in [5, 5.41) is 35.7. The van der Waals surface area contributed by atoms with Crippen molar-refractivity contribution in [2.24, 2.45) is 11.5 Å². The molecule has 0 radical (unpaired) electrons. The second kappa shape index (κ2) is 14.6. The van der Waals surface area contributed by atoms with Crippen molar-refractivity contribution < 1.29 is 39.3 Å². The summed E-state index contributed by atoms with van der Waals surface area (Å²) in [7, 11) is 0. The minimum atomic E-state index is -1.64. The van der Waals surface area contributed by atoms with E-state index in [1.54, 1.807) is 12.1 Å². The van der Waals surface area contributed by atoms with Gasteiger partial charge < -0.3 is 42.7 Å². The van der Waals surface area contributed by atoms with Gasteiger partial charge in [-0.2, -0.15) is 12.6 Å². The number of carbonyl (C=O) groups is 5. The first-order valence-corrected chi connectivity index (χ1v) is 12.4. The highest BCUT2D eigenvalue weighted by Gasteiger charge is 2.31. The van der Waals surface area contributed by atoms with Crippen LogP contribution in [0.15, 0.2) is 48.5 Å². The number of aliphatic carboxylic acids is 1. The van der Waals surface area contributed by atoms with Crippen molar-refractivity contribution in [1.29, 1.82) is 0 Å². The number of thiol groups is 1. The van der Waals surface area contributed by atoms with E-state index in [2.05, 4.69) is 28.6 Å². The number of benzene rings is 2. The summed E-state index contributed by atoms with van der Waals surface area (Å²) in [4.78, 5) is 61.8. The van der Waals surface area contributed by atoms with Gasteiger partial charge in [-0.05, 0) is 35.4 Å². The molecule has 2 aromatic carbocycles. The molecule has 0 aromatic heterocycles. The van der Waals surface area contributed by atoms with Crippen molar-refractivity contribution in [3.05, 3.63) is 59.7 Å². The number of nitrogens with one attached hydrogen (secondary N) is 3. The van der Waals surface area contributed by atoms with Gasteiger partial charge in [0.25, 0.3) is 0 Å². The van der Waals surface area contributed by atoms with Crippen LogP contribution in [-0.2, 0) is 36.8 Å². The maximum atomic E-state index is 13.4. The van der Waals surface area contributed by atoms with E-state index in [-0.39, 0.29) is 30.1 Å². The Morgan fingerprint density at radius 2 is 1.10 bits per heavy atom. The standard InChI is InChI=1S/C25H31N5O8S/c26-17(12-39)22(34)28-18(9-13-1-5-15(31)6-2-13)23(35)29-19(10-14-3-7-16(32)8-4-14)24(36)30-20(25(37)38)11-21(27)33/h1-8,17-20,31-32,39H,9-12,26H2,(H2,27,33)(H,28,34)(H,29,35)(H,30,36)(H,37,38). The quantitative estimate of drug-likeness (QED) is 0.123. The predicted octanol–water partition coefficient (Wildman–Crippen LogP) is -1.45. The molecule has 14 heteroatoms. The molecule has 13 nitrogen and oxygen atoms in total. The van der Waals surface area contributed by atoms with E-state index in [1.165, 1.54) is 36.4 Å². The summed E-state index contributed by atoms with van der Waals surface area (Å²) in [5.41, 5.74) is 11.9. The van der Waals surface area contributed by atoms with Crippen molar-refractivity contribution in [1.82, 2.24) is 16.0 Å². The number of carbonyl (C=O) groups excluding carboxylic acids is 4. The van der Waals surface area contributed by atoms with Crippen LogP contribution in [0.3, 0.4) is 0 Å². The second-order valence-electron chi connectivity index (χ2n) is 8.72. The highest BCUT2D eigenvalue weighted by molar-refractivity contribution is 7.80. The molecular weight excluding hydrogens is 530 g/mol. The number of aromatic hydroxyl groups is 2. The molecule has 0 bridgehead atoms. The number of hydrogen-bond acceptors (Lipinski definition) is 9. The van der Waals surface area contributed by atoms with Gasteiger partial charge in [-0.3, -0.25) is 19.2 Å². The molecule has 4 atom stereocenters. The number of phenolic OH excluding ortho intramolecular Hbond substituents is 2. The Balaban J connectivity index is 2.34. The van der Waals surface area contributed by atoms with Gasteiger partial charge >= 0.3 is 5.97 Å². The van der Waals surface area contributed by atoms with Crippen LogP contribution in [0.2, 0.25) is 0 Å². The smallest absolute Gasteiger partial charge is 0.326 e. The molecule has 39 heavy (non-hydrogen) atoms. The second-order valence-corrected chi connectivity index (χ2v) is 9.09. The van der Waals surface area contributed by atoms with E-state index in [4.69, 9.17) is 11.5 Å². The van der Waals surface area contributed by atoms with E-state index in [1.807, 2.05) is 0 Å². The summed E-state index contributed by atoms with van der Waals surface area (Å²) in [6.45, 7) is 0. The number of phenols is 2. The van der Waals surface area contributed by atoms with Gasteiger partial charge in [0, 0.05) is 18.6 Å². The van der Waals surface area contributed by atoms with E-state index in [0.29, 0.717) is 11.1 Å². The van der Waals surface area contributed by atoms with Crippen LogP contribution in [-0.4, -0.2) is 74.8 Å². The molecule has 0 saturated heterocycles. The van der Waals surface area contributed by atoms with Crippen LogP contribution in [0.1, 0.15) is 17.5 Å². The number of rotatable bonds is 14. The fourth-order valence-corrected chi connectivity index (χ4v) is 3.63. The fraction of sp³-hybridized carbons (Fsp3) is 0.320. The predicted molar refractivity (Wildman–Crippen MR) is 143 cm³/mol. The Morgan fingerprint density at radius 1 is 0.718 bits per heavy atom. The molecular formula is C25H31N5O8S. The zero-order valence-corrected chi connectivity index (χ0v) is 21.6. The third kappa shape index (κ3) is 10.2. The van der Waals surface area contributed by atoms with Gasteiger partial charge in [0.15, 0.2) is 0 Å². The summed E-state index contributed by atoms with van der Waals surface area (Å²) < 4.78 is 0. The molecule has 0 aliphatic rings. The Bertz CT molecular complexity index is 1180. The van der Waals surface area contributed by atoms with E-state index >= 15 is 0 Å². The fourth-order valence-electron chi connectivity index (χ4n) is 3.46. The molecule has 0 heterocycles. The Kier molecular flexibility index (Phi) is 11.6. The number of primary amides is 1. The van der Waals surface area contributed by atoms with Gasteiger partial charge in [-0.25, -0.2) is 4.79 Å². The summed E-state index contributed by atoms with van der Waals surface area (Å²) in [6.07, 6.45) is -0.844. The first kappa shape index (κ1) is 30.9. The van der Waals surface area contributed by atoms with Gasteiger partial charge in [0.1, 0.15) is 29.6 Å². The van der Waals surface area contributed by atoms with Gasteiger partial charge in [0.2, 0.25) is 23.6 Å². The topological polar surface area (TPSA) is 234 Å². The average Bonchev–Trinajstić information content (AvgIpc) is 2.88. The molecule has 4 unspecified atom stereocenters. The molecule has 2 aromatic rings. The highest BCUT2D eigenvalue weighted by atomic mass is 32.1. The molecule has 0 fully saturated rings. The lowest BCUT2D eigenvalue weighted by atomic mass is 10.0. The first-order valence-electron chi connectivity index (χ1n) is 11.7. The number of carboxylic acids is 1. The Morgan fingerprint density at radius 3 is 1.46 bits per heavy atom. The van der Waals surface area contributed by atoms with Crippen LogP contribution < -0.4 is 27.4 Å². The zero-order chi connectivity index (χ0) is 29.1. The first-order chi connectivity index (χ1) is 18.4. The van der Waals surface area contributed by atoms with Crippen molar-refractivity contribution in [3.8, 4) is 11.5 Å². The van der Waals surface area contributed by atoms with Crippen LogP contribution in [0.4, 0.5) is 0 Å². The molecule has 0 aliphatic heterocycles. The SMILES string of the molecule is NC(=O)CC(NC(=O)C(Cc1ccc(O)cc1)NC(=O)C(Cc1ccc(O)cc1)NC(=O)C(N)CS)C(=O)O. The molecule has 0 saturated carbocycles. The van der Waals surface area contributed by atoms with Crippen LogP contribution in [0.25, 0.3) is 0 Å². The van der Waals surface area contributed by atoms with Gasteiger partial charge in [-0.15, -0.1) is 0 Å². The van der Waals surface area contributed by atoms with Gasteiger partial charge in [0.05, 0.1) is 12.5 Å². The molecule has 4 amide bonds. The van der Waals surface area contributed by atoms with Crippen molar-refractivity contribution in [3.63, 3.8) is 0 Å². The van der Waals surface area contributed by atoms with E-state index in [0.717, 1.165) is 0 Å². The number of carboxylic acid groups (broad SMARTS) is 1. The summed E-state index contributed by atoms with van der Waals surface area (Å²) in [6, 6.07) is 6.39. The summed E-state index contributed by atoms with van der Waals surface area (Å²) in [5.74, 6) is -4.88. The monoisotopic (exact) mass is 561 g/mol. The average molecular weight is 562 g/mol. The number of amides is 4. The summed E-state index contributed by atoms with van der Waals surface area (Å²) >= 11 is 3.99. The molecule has 0 aliphatic carbocycles. The molecule has 10 N–H and O–H groups in total. The van der Waals surface area contributed by atoms with Crippen LogP contribution in [0, 0.1) is 0 Å². The Labute approximate surface area is 229 Å². The lowest BCUT2D eigenvalue weighted by Crippen LogP contribution is -2.58. The molecule has 210 valence electrons. The van der Waals surface area contributed by atoms with Crippen LogP contribution in [0.5, 0.6) is 11.5 Å². The minimum Gasteiger partial charge on any atom is -0.508 e. The zero-order valence-electron chi connectivity index (χ0n) is 20.7. The lowest BCUT2D eigenvalue weighted by Gasteiger charge is -2.25.